The number of halogens is 24. The molecule has 0 N–H and O–H groups in total. The van der Waals surface area contributed by atoms with Crippen molar-refractivity contribution in [2.24, 2.45) is 0 Å². The van der Waals surface area contributed by atoms with Gasteiger partial charge in [-0.25, -0.2) is 12.8 Å². The van der Waals surface area contributed by atoms with E-state index in [-0.39, 0.29) is 0 Å². The molecule has 0 heterocycles. The maximum absolute atomic E-state index is 13.5. The van der Waals surface area contributed by atoms with Gasteiger partial charge in [0.2, 0.25) is 0 Å². The highest BCUT2D eigenvalue weighted by atomic mass is 32.2. The molecule has 0 aromatic carbocycles. The second-order valence-electron chi connectivity index (χ2n) is 9.70. The smallest absolute Gasteiger partial charge is 0.425 e. The molecule has 0 rings (SSSR count). The normalized spacial score (nSPS) is 16.7. The van der Waals surface area contributed by atoms with Crippen molar-refractivity contribution >= 4 is 10.1 Å². The molecule has 0 aliphatic rings. The summed E-state index contributed by atoms with van der Waals surface area (Å²) in [4.78, 5) is 0. The molecule has 0 aromatic rings. The fourth-order valence-corrected chi connectivity index (χ4v) is 3.88. The molecule has 0 aromatic heterocycles. The molecular weight excluding hydrogens is 790 g/mol. The molecule has 0 bridgehead atoms. The predicted molar refractivity (Wildman–Crippen MR) is 113 cm³/mol. The summed E-state index contributed by atoms with van der Waals surface area (Å²) in [6.45, 7) is 14.2. The Morgan fingerprint density at radius 2 is 0.653 bits per heavy atom. The molecule has 0 amide bonds. The summed E-state index contributed by atoms with van der Waals surface area (Å²) in [5, 5.41) is -8.28. The first kappa shape index (κ1) is 49.3. The molecule has 0 spiro atoms. The van der Waals surface area contributed by atoms with E-state index < -0.39 is 81.0 Å². The number of nitrogens with zero attached hydrogens (tertiary/aromatic N) is 1. The number of alkyl halides is 24. The van der Waals surface area contributed by atoms with Gasteiger partial charge in [0, 0.05) is 0 Å². The van der Waals surface area contributed by atoms with Crippen molar-refractivity contribution < 1.29 is 123 Å². The van der Waals surface area contributed by atoms with E-state index in [1.165, 1.54) is 30.7 Å². The zero-order chi connectivity index (χ0) is 40.9. The van der Waals surface area contributed by atoms with Gasteiger partial charge in [0.15, 0.2) is 10.1 Å². The topological polar surface area (TPSA) is 57.2 Å². The van der Waals surface area contributed by atoms with E-state index in [0.29, 0.717) is 0 Å². The Morgan fingerprint density at radius 1 is 0.449 bits per heavy atom. The molecule has 0 fully saturated rings. The second-order valence-corrected chi connectivity index (χ2v) is 11.1. The van der Waals surface area contributed by atoms with E-state index in [1.807, 2.05) is 0 Å². The Balaban J connectivity index is 0. The molecule has 29 heteroatoms. The molecule has 0 radical (unpaired) electrons. The molecule has 0 aliphatic carbocycles. The zero-order valence-corrected chi connectivity index (χ0v) is 24.9. The highest BCUT2D eigenvalue weighted by molar-refractivity contribution is 7.86. The van der Waals surface area contributed by atoms with Gasteiger partial charge in [-0.05, 0) is 27.7 Å². The lowest BCUT2D eigenvalue weighted by Crippen LogP contribution is -2.77. The third kappa shape index (κ3) is 7.17. The second kappa shape index (κ2) is 13.6. The first-order valence-corrected chi connectivity index (χ1v) is 13.6. The highest BCUT2D eigenvalue weighted by Crippen LogP contribution is 2.67. The largest absolute Gasteiger partial charge is 0.743 e. The van der Waals surface area contributed by atoms with Crippen LogP contribution in [0.3, 0.4) is 0 Å². The van der Waals surface area contributed by atoms with Crippen LogP contribution in [0.4, 0.5) is 105 Å². The molecule has 1 unspecified atom stereocenters. The first-order valence-electron chi connectivity index (χ1n) is 12.2. The SMILES string of the molecule is CC[N+](CC)(CC)CC.O=S(=O)([O-])C(F)(F)C(F)(F)C(F)(F)C(F)(F)C(F)(F)C(F)(F)C(F)(F)C(F)(F)C(F)(F)C(F)(F)C(F)C(F)(F)F. The van der Waals surface area contributed by atoms with E-state index in [9.17, 15) is 118 Å². The van der Waals surface area contributed by atoms with Gasteiger partial charge in [0.05, 0.1) is 26.2 Å². The third-order valence-corrected chi connectivity index (χ3v) is 8.03. The van der Waals surface area contributed by atoms with Crippen LogP contribution in [0.2, 0.25) is 0 Å². The fraction of sp³-hybridized carbons (Fsp3) is 1.00. The molecule has 49 heavy (non-hydrogen) atoms. The lowest BCUT2D eigenvalue weighted by atomic mass is 9.85. The van der Waals surface area contributed by atoms with E-state index in [0.717, 1.165) is 0 Å². The van der Waals surface area contributed by atoms with E-state index in [1.54, 1.807) is 0 Å². The summed E-state index contributed by atoms with van der Waals surface area (Å²) in [5.74, 6) is -83.4. The van der Waals surface area contributed by atoms with Gasteiger partial charge in [-0.3, -0.25) is 0 Å². The lowest BCUT2D eigenvalue weighted by molar-refractivity contribution is -0.921. The summed E-state index contributed by atoms with van der Waals surface area (Å²) in [6.07, 6.45) is -14.3. The minimum absolute atomic E-state index is 1.28. The number of quaternary nitrogens is 1. The van der Waals surface area contributed by atoms with Crippen molar-refractivity contribution in [2.75, 3.05) is 26.2 Å². The van der Waals surface area contributed by atoms with Crippen molar-refractivity contribution in [2.45, 2.75) is 98.6 Å². The van der Waals surface area contributed by atoms with Crippen molar-refractivity contribution in [3.05, 3.63) is 0 Å². The van der Waals surface area contributed by atoms with E-state index in [4.69, 9.17) is 0 Å². The molecule has 298 valence electrons. The molecule has 0 saturated heterocycles. The molecule has 1 atom stereocenters. The minimum atomic E-state index is -9.64. The molecule has 4 nitrogen and oxygen atoms in total. The van der Waals surface area contributed by atoms with E-state index >= 15 is 0 Å². The monoisotopic (exact) mass is 811 g/mol. The Morgan fingerprint density at radius 3 is 0.816 bits per heavy atom. The van der Waals surface area contributed by atoms with Gasteiger partial charge in [0.1, 0.15) is 0 Å². The van der Waals surface area contributed by atoms with Gasteiger partial charge in [0.25, 0.3) is 6.17 Å². The predicted octanol–water partition coefficient (Wildman–Crippen LogP) is 8.63. The van der Waals surface area contributed by atoms with Crippen LogP contribution in [0, 0.1) is 0 Å². The lowest BCUT2D eigenvalue weighted by Gasteiger charge is -2.45. The van der Waals surface area contributed by atoms with E-state index in [2.05, 4.69) is 27.7 Å². The van der Waals surface area contributed by atoms with Crippen LogP contribution < -0.4 is 0 Å². The zero-order valence-electron chi connectivity index (χ0n) is 24.1. The summed E-state index contributed by atoms with van der Waals surface area (Å²) >= 11 is 0. The van der Waals surface area contributed by atoms with Gasteiger partial charge < -0.3 is 9.04 Å². The van der Waals surface area contributed by atoms with Crippen LogP contribution in [0.5, 0.6) is 0 Å². The Kier molecular flexibility index (Phi) is 13.7. The van der Waals surface area contributed by atoms with Crippen LogP contribution in [0.15, 0.2) is 0 Å². The summed E-state index contributed by atoms with van der Waals surface area (Å²) in [6, 6.07) is 0. The van der Waals surface area contributed by atoms with Crippen molar-refractivity contribution in [1.82, 2.24) is 0 Å². The van der Waals surface area contributed by atoms with Crippen molar-refractivity contribution in [1.29, 1.82) is 0 Å². The number of hydrogen-bond acceptors (Lipinski definition) is 3. The summed E-state index contributed by atoms with van der Waals surface area (Å²) in [7, 11) is -8.45. The number of rotatable bonds is 15. The quantitative estimate of drug-likeness (QED) is 0.0947. The van der Waals surface area contributed by atoms with Crippen LogP contribution in [-0.4, -0.2) is 115 Å². The Labute approximate surface area is 258 Å². The van der Waals surface area contributed by atoms with Gasteiger partial charge >= 0.3 is 64.7 Å². The van der Waals surface area contributed by atoms with Gasteiger partial charge in [-0.2, -0.15) is 101 Å². The van der Waals surface area contributed by atoms with Crippen LogP contribution in [-0.2, 0) is 10.1 Å². The summed E-state index contributed by atoms with van der Waals surface area (Å²) < 4.78 is 345. The number of hydrogen-bond donors (Lipinski definition) is 0. The first-order chi connectivity index (χ1) is 20.9. The minimum Gasteiger partial charge on any atom is -0.743 e. The molecule has 0 aliphatic heterocycles. The van der Waals surface area contributed by atoms with Crippen LogP contribution >= 0.6 is 0 Å². The maximum Gasteiger partial charge on any atom is 0.425 e. The highest BCUT2D eigenvalue weighted by Gasteiger charge is 2.98. The third-order valence-electron chi connectivity index (χ3n) is 7.15. The Hall–Kier alpha value is -1.81. The summed E-state index contributed by atoms with van der Waals surface area (Å²) in [5.41, 5.74) is 0. The average molecular weight is 811 g/mol. The molecule has 0 saturated carbocycles. The maximum atomic E-state index is 13.5. The Bertz CT molecular complexity index is 1210. The molecular formula is C20H21F24NO3S. The van der Waals surface area contributed by atoms with Crippen molar-refractivity contribution in [3.8, 4) is 0 Å². The standard InChI is InChI=1S/C12H2F24O3S.C8H20N/c13-1(3(16,17)18)2(14,15)4(19,20)5(21,22)6(23,24)7(25,26)8(27,28)9(29,30)10(31,32)11(33,34)12(35,36)40(37,38)39;1-5-9(6-2,7-3)8-4/h1H,(H,37,38,39);5-8H2,1-4H3/q;+1/p-1. The van der Waals surface area contributed by atoms with Gasteiger partial charge in [-0.15, -0.1) is 0 Å². The fourth-order valence-electron chi connectivity index (χ4n) is 3.44. The van der Waals surface area contributed by atoms with Crippen LogP contribution in [0.1, 0.15) is 27.7 Å². The average Bonchev–Trinajstić information content (AvgIpc) is 2.92. The van der Waals surface area contributed by atoms with Crippen LogP contribution in [0.25, 0.3) is 0 Å². The van der Waals surface area contributed by atoms with Gasteiger partial charge in [-0.1, -0.05) is 0 Å². The van der Waals surface area contributed by atoms with Crippen molar-refractivity contribution in [3.63, 3.8) is 0 Å².